The summed E-state index contributed by atoms with van der Waals surface area (Å²) in [6.45, 7) is 1.28. The Labute approximate surface area is 126 Å². The van der Waals surface area contributed by atoms with E-state index >= 15 is 0 Å². The van der Waals surface area contributed by atoms with Crippen molar-refractivity contribution in [3.05, 3.63) is 60.2 Å². The van der Waals surface area contributed by atoms with Crippen LogP contribution in [0.1, 0.15) is 12.5 Å². The van der Waals surface area contributed by atoms with Crippen LogP contribution in [0.2, 0.25) is 0 Å². The maximum Gasteiger partial charge on any atom is 0.248 e. The molecular formula is C16H14FN3O2. The van der Waals surface area contributed by atoms with Crippen molar-refractivity contribution in [3.8, 4) is 0 Å². The number of carbonyl (C=O) groups excluding carboxylic acids is 2. The SMILES string of the molecule is CC(=O)Nc1cc(NC(=O)/C=C/c2cccnc2)ccc1F. The van der Waals surface area contributed by atoms with Crippen molar-refractivity contribution in [1.29, 1.82) is 0 Å². The summed E-state index contributed by atoms with van der Waals surface area (Å²) < 4.78 is 13.5. The van der Waals surface area contributed by atoms with E-state index in [-0.39, 0.29) is 17.5 Å². The Morgan fingerprint density at radius 2 is 2.05 bits per heavy atom. The van der Waals surface area contributed by atoms with Crippen LogP contribution in [0.3, 0.4) is 0 Å². The highest BCUT2D eigenvalue weighted by Crippen LogP contribution is 2.19. The zero-order valence-corrected chi connectivity index (χ0v) is 11.8. The summed E-state index contributed by atoms with van der Waals surface area (Å²) in [6, 6.07) is 7.51. The summed E-state index contributed by atoms with van der Waals surface area (Å²) in [5, 5.41) is 4.94. The fourth-order valence-electron chi connectivity index (χ4n) is 1.72. The molecule has 2 aromatic rings. The van der Waals surface area contributed by atoms with E-state index in [1.54, 1.807) is 24.5 Å². The Morgan fingerprint density at radius 3 is 2.73 bits per heavy atom. The van der Waals surface area contributed by atoms with Gasteiger partial charge in [-0.3, -0.25) is 14.6 Å². The van der Waals surface area contributed by atoms with Crippen LogP contribution in [-0.4, -0.2) is 16.8 Å². The van der Waals surface area contributed by atoms with Gasteiger partial charge in [0.05, 0.1) is 5.69 Å². The first-order chi connectivity index (χ1) is 10.5. The summed E-state index contributed by atoms with van der Waals surface area (Å²) in [5.41, 5.74) is 1.18. The Hall–Kier alpha value is -3.02. The van der Waals surface area contributed by atoms with Gasteiger partial charge in [-0.05, 0) is 35.9 Å². The summed E-state index contributed by atoms with van der Waals surface area (Å²) in [7, 11) is 0. The van der Waals surface area contributed by atoms with Gasteiger partial charge in [-0.15, -0.1) is 0 Å². The Morgan fingerprint density at radius 1 is 1.23 bits per heavy atom. The highest BCUT2D eigenvalue weighted by molar-refractivity contribution is 6.02. The molecule has 0 aliphatic rings. The second-order valence-electron chi connectivity index (χ2n) is 4.48. The van der Waals surface area contributed by atoms with Gasteiger partial charge in [-0.1, -0.05) is 6.07 Å². The second kappa shape index (κ2) is 7.12. The molecule has 112 valence electrons. The topological polar surface area (TPSA) is 71.1 Å². The van der Waals surface area contributed by atoms with Gasteiger partial charge in [0.15, 0.2) is 0 Å². The number of halogens is 1. The van der Waals surface area contributed by atoms with Crippen molar-refractivity contribution < 1.29 is 14.0 Å². The number of benzene rings is 1. The number of rotatable bonds is 4. The smallest absolute Gasteiger partial charge is 0.248 e. The van der Waals surface area contributed by atoms with Gasteiger partial charge in [0.1, 0.15) is 5.82 Å². The van der Waals surface area contributed by atoms with Crippen molar-refractivity contribution in [3.63, 3.8) is 0 Å². The summed E-state index contributed by atoms with van der Waals surface area (Å²) in [4.78, 5) is 26.7. The highest BCUT2D eigenvalue weighted by Gasteiger charge is 2.06. The molecule has 0 aliphatic heterocycles. The number of nitrogens with one attached hydrogen (secondary N) is 2. The third kappa shape index (κ3) is 4.52. The van der Waals surface area contributed by atoms with Crippen LogP contribution < -0.4 is 10.6 Å². The maximum atomic E-state index is 13.5. The Bertz CT molecular complexity index is 715. The van der Waals surface area contributed by atoms with Gasteiger partial charge in [0.25, 0.3) is 0 Å². The van der Waals surface area contributed by atoms with Crippen LogP contribution in [0.25, 0.3) is 6.08 Å². The molecule has 0 saturated heterocycles. The van der Waals surface area contributed by atoms with E-state index in [1.807, 2.05) is 6.07 Å². The van der Waals surface area contributed by atoms with E-state index in [0.717, 1.165) is 5.56 Å². The molecule has 2 amide bonds. The molecule has 1 heterocycles. The monoisotopic (exact) mass is 299 g/mol. The van der Waals surface area contributed by atoms with Crippen LogP contribution in [0.15, 0.2) is 48.8 Å². The molecule has 6 heteroatoms. The highest BCUT2D eigenvalue weighted by atomic mass is 19.1. The number of amides is 2. The van der Waals surface area contributed by atoms with Gasteiger partial charge in [-0.2, -0.15) is 0 Å². The number of nitrogens with zero attached hydrogens (tertiary/aromatic N) is 1. The van der Waals surface area contributed by atoms with Crippen molar-refractivity contribution in [2.45, 2.75) is 6.92 Å². The fraction of sp³-hybridized carbons (Fsp3) is 0.0625. The predicted octanol–water partition coefficient (Wildman–Crippen LogP) is 2.83. The minimum Gasteiger partial charge on any atom is -0.324 e. The summed E-state index contributed by atoms with van der Waals surface area (Å²) in [6.07, 6.45) is 6.22. The lowest BCUT2D eigenvalue weighted by molar-refractivity contribution is -0.114. The van der Waals surface area contributed by atoms with Crippen LogP contribution in [0, 0.1) is 5.82 Å². The number of hydrogen-bond acceptors (Lipinski definition) is 3. The molecule has 2 N–H and O–H groups in total. The van der Waals surface area contributed by atoms with Crippen molar-refractivity contribution in [2.75, 3.05) is 10.6 Å². The van der Waals surface area contributed by atoms with Crippen molar-refractivity contribution in [1.82, 2.24) is 4.98 Å². The van der Waals surface area contributed by atoms with Crippen molar-refractivity contribution >= 4 is 29.3 Å². The maximum absolute atomic E-state index is 13.5. The van der Waals surface area contributed by atoms with Crippen LogP contribution in [-0.2, 0) is 9.59 Å². The quantitative estimate of drug-likeness (QED) is 0.853. The Kier molecular flexibility index (Phi) is 4.98. The molecule has 0 radical (unpaired) electrons. The van der Waals surface area contributed by atoms with E-state index in [9.17, 15) is 14.0 Å². The zero-order chi connectivity index (χ0) is 15.9. The third-order valence-corrected chi connectivity index (χ3v) is 2.66. The molecule has 0 bridgehead atoms. The summed E-state index contributed by atoms with van der Waals surface area (Å²) in [5.74, 6) is -1.33. The molecule has 0 fully saturated rings. The van der Waals surface area contributed by atoms with E-state index in [4.69, 9.17) is 0 Å². The predicted molar refractivity (Wildman–Crippen MR) is 82.6 cm³/mol. The van der Waals surface area contributed by atoms with Gasteiger partial charge >= 0.3 is 0 Å². The first-order valence-corrected chi connectivity index (χ1v) is 6.51. The minimum atomic E-state index is -0.570. The minimum absolute atomic E-state index is 0.0153. The molecular weight excluding hydrogens is 285 g/mol. The first kappa shape index (κ1) is 15.4. The molecule has 1 aromatic heterocycles. The van der Waals surface area contributed by atoms with Gasteiger partial charge in [0.2, 0.25) is 11.8 Å². The number of carbonyl (C=O) groups is 2. The van der Waals surface area contributed by atoms with Crippen molar-refractivity contribution in [2.24, 2.45) is 0 Å². The standard InChI is InChI=1S/C16H14FN3O2/c1-11(21)19-15-9-13(5-6-14(15)17)20-16(22)7-4-12-3-2-8-18-10-12/h2-10H,1H3,(H,19,21)(H,20,22)/b7-4+. The van der Waals surface area contributed by atoms with E-state index < -0.39 is 5.82 Å². The molecule has 2 rings (SSSR count). The van der Waals surface area contributed by atoms with Crippen LogP contribution in [0.4, 0.5) is 15.8 Å². The molecule has 0 spiro atoms. The van der Waals surface area contributed by atoms with E-state index in [1.165, 1.54) is 31.2 Å². The fourth-order valence-corrected chi connectivity index (χ4v) is 1.72. The zero-order valence-electron chi connectivity index (χ0n) is 11.8. The number of anilines is 2. The molecule has 0 unspecified atom stereocenters. The third-order valence-electron chi connectivity index (χ3n) is 2.66. The normalized spacial score (nSPS) is 10.5. The molecule has 0 atom stereocenters. The lowest BCUT2D eigenvalue weighted by Crippen LogP contribution is -2.10. The van der Waals surface area contributed by atoms with Gasteiger partial charge < -0.3 is 10.6 Å². The largest absolute Gasteiger partial charge is 0.324 e. The van der Waals surface area contributed by atoms with Crippen LogP contribution in [0.5, 0.6) is 0 Å². The number of hydrogen-bond donors (Lipinski definition) is 2. The number of pyridine rings is 1. The molecule has 0 aliphatic carbocycles. The summed E-state index contributed by atoms with van der Waals surface area (Å²) >= 11 is 0. The second-order valence-corrected chi connectivity index (χ2v) is 4.48. The average Bonchev–Trinajstić information content (AvgIpc) is 2.49. The Balaban J connectivity index is 2.05. The van der Waals surface area contributed by atoms with Gasteiger partial charge in [0, 0.05) is 31.1 Å². The van der Waals surface area contributed by atoms with E-state index in [2.05, 4.69) is 15.6 Å². The first-order valence-electron chi connectivity index (χ1n) is 6.51. The van der Waals surface area contributed by atoms with Gasteiger partial charge in [-0.25, -0.2) is 4.39 Å². The lowest BCUT2D eigenvalue weighted by atomic mass is 10.2. The average molecular weight is 299 g/mol. The van der Waals surface area contributed by atoms with E-state index in [0.29, 0.717) is 5.69 Å². The lowest BCUT2D eigenvalue weighted by Gasteiger charge is -2.07. The molecule has 22 heavy (non-hydrogen) atoms. The molecule has 0 saturated carbocycles. The molecule has 5 nitrogen and oxygen atoms in total. The number of aromatic nitrogens is 1. The van der Waals surface area contributed by atoms with Crippen LogP contribution >= 0.6 is 0 Å². The molecule has 1 aromatic carbocycles.